The summed E-state index contributed by atoms with van der Waals surface area (Å²) in [5.74, 6) is -1.27. The third-order valence-corrected chi connectivity index (χ3v) is 6.51. The molecule has 1 fully saturated rings. The molecule has 1 aromatic rings. The van der Waals surface area contributed by atoms with Gasteiger partial charge in [-0.25, -0.2) is 17.9 Å². The van der Waals surface area contributed by atoms with E-state index in [0.717, 1.165) is 31.7 Å². The van der Waals surface area contributed by atoms with Crippen molar-refractivity contribution in [2.75, 3.05) is 0 Å². The number of hydrogen-bond donors (Lipinski definition) is 2. The van der Waals surface area contributed by atoms with E-state index in [0.29, 0.717) is 0 Å². The summed E-state index contributed by atoms with van der Waals surface area (Å²) < 4.78 is 27.8. The van der Waals surface area contributed by atoms with Crippen LogP contribution in [0.5, 0.6) is 0 Å². The van der Waals surface area contributed by atoms with E-state index >= 15 is 0 Å². The summed E-state index contributed by atoms with van der Waals surface area (Å²) in [6.45, 7) is 1.86. The first kappa shape index (κ1) is 16.7. The SMILES string of the molecule is CC1(NS(=O)(=O)c2cc(Br)c(Cl)c(C(=O)O)c2)CCCC1. The molecule has 0 aliphatic heterocycles. The third-order valence-electron chi connectivity index (χ3n) is 3.63. The van der Waals surface area contributed by atoms with Crippen LogP contribution in [0, 0.1) is 0 Å². The molecule has 8 heteroatoms. The molecule has 0 amide bonds. The predicted octanol–water partition coefficient (Wildman–Crippen LogP) is 3.41. The maximum Gasteiger partial charge on any atom is 0.337 e. The first-order chi connectivity index (χ1) is 9.65. The van der Waals surface area contributed by atoms with Gasteiger partial charge in [0.1, 0.15) is 0 Å². The second-order valence-electron chi connectivity index (χ2n) is 5.45. The number of sulfonamides is 1. The van der Waals surface area contributed by atoms with Gasteiger partial charge in [-0.2, -0.15) is 0 Å². The second kappa shape index (κ2) is 5.87. The molecule has 0 saturated heterocycles. The minimum atomic E-state index is -3.80. The number of carbonyl (C=O) groups is 1. The highest BCUT2D eigenvalue weighted by Crippen LogP contribution is 2.33. The van der Waals surface area contributed by atoms with Crippen LogP contribution < -0.4 is 4.72 Å². The van der Waals surface area contributed by atoms with Crippen LogP contribution >= 0.6 is 27.5 Å². The highest BCUT2D eigenvalue weighted by molar-refractivity contribution is 9.10. The highest BCUT2D eigenvalue weighted by atomic mass is 79.9. The van der Waals surface area contributed by atoms with Gasteiger partial charge in [0.15, 0.2) is 0 Å². The molecule has 2 rings (SSSR count). The van der Waals surface area contributed by atoms with Crippen molar-refractivity contribution in [3.63, 3.8) is 0 Å². The minimum absolute atomic E-state index is 0.0199. The Balaban J connectivity index is 2.43. The Kier molecular flexibility index (Phi) is 4.68. The fraction of sp³-hybridized carbons (Fsp3) is 0.462. The Labute approximate surface area is 136 Å². The van der Waals surface area contributed by atoms with Gasteiger partial charge in [0.25, 0.3) is 0 Å². The lowest BCUT2D eigenvalue weighted by atomic mass is 10.0. The molecule has 2 N–H and O–H groups in total. The molecule has 1 aliphatic rings. The van der Waals surface area contributed by atoms with Gasteiger partial charge in [-0.3, -0.25) is 0 Å². The van der Waals surface area contributed by atoms with Crippen LogP contribution in [0.1, 0.15) is 43.0 Å². The molecule has 21 heavy (non-hydrogen) atoms. The molecule has 0 radical (unpaired) electrons. The zero-order valence-corrected chi connectivity index (χ0v) is 14.5. The second-order valence-corrected chi connectivity index (χ2v) is 8.36. The molecule has 1 aromatic carbocycles. The lowest BCUT2D eigenvalue weighted by Crippen LogP contribution is -2.43. The van der Waals surface area contributed by atoms with Crippen molar-refractivity contribution in [3.8, 4) is 0 Å². The van der Waals surface area contributed by atoms with Gasteiger partial charge in [-0.05, 0) is 47.8 Å². The van der Waals surface area contributed by atoms with Gasteiger partial charge < -0.3 is 5.11 Å². The van der Waals surface area contributed by atoms with Crippen LogP contribution in [0.3, 0.4) is 0 Å². The molecule has 116 valence electrons. The van der Waals surface area contributed by atoms with Crippen molar-refractivity contribution in [3.05, 3.63) is 27.2 Å². The third kappa shape index (κ3) is 3.59. The summed E-state index contributed by atoms with van der Waals surface area (Å²) in [7, 11) is -3.80. The first-order valence-corrected chi connectivity index (χ1v) is 9.06. The summed E-state index contributed by atoms with van der Waals surface area (Å²) in [6.07, 6.45) is 3.49. The molecule has 1 saturated carbocycles. The number of nitrogens with one attached hydrogen (secondary N) is 1. The van der Waals surface area contributed by atoms with Crippen molar-refractivity contribution in [2.45, 2.75) is 43.0 Å². The zero-order chi connectivity index (χ0) is 15.8. The van der Waals surface area contributed by atoms with Gasteiger partial charge >= 0.3 is 5.97 Å². The van der Waals surface area contributed by atoms with Crippen LogP contribution in [0.2, 0.25) is 5.02 Å². The van der Waals surface area contributed by atoms with Crippen LogP contribution in [0.25, 0.3) is 0 Å². The smallest absolute Gasteiger partial charge is 0.337 e. The van der Waals surface area contributed by atoms with Gasteiger partial charge in [0.05, 0.1) is 15.5 Å². The minimum Gasteiger partial charge on any atom is -0.478 e. The average Bonchev–Trinajstić information content (AvgIpc) is 2.77. The van der Waals surface area contributed by atoms with Gasteiger partial charge in [0, 0.05) is 10.0 Å². The maximum absolute atomic E-state index is 12.5. The van der Waals surface area contributed by atoms with Crippen molar-refractivity contribution < 1.29 is 18.3 Å². The van der Waals surface area contributed by atoms with E-state index < -0.39 is 21.5 Å². The quantitative estimate of drug-likeness (QED) is 0.817. The molecule has 0 atom stereocenters. The van der Waals surface area contributed by atoms with E-state index in [1.807, 2.05) is 6.92 Å². The molecule has 1 aliphatic carbocycles. The normalized spacial score (nSPS) is 17.9. The number of carboxylic acids is 1. The Morgan fingerprint density at radius 2 is 1.95 bits per heavy atom. The first-order valence-electron chi connectivity index (χ1n) is 6.41. The molecular formula is C13H15BrClNO4S. The molecule has 0 aromatic heterocycles. The zero-order valence-electron chi connectivity index (χ0n) is 11.3. The van der Waals surface area contributed by atoms with E-state index in [1.165, 1.54) is 6.07 Å². The highest BCUT2D eigenvalue weighted by Gasteiger charge is 2.34. The van der Waals surface area contributed by atoms with Gasteiger partial charge in [0.2, 0.25) is 10.0 Å². The molecular weight excluding hydrogens is 382 g/mol. The maximum atomic E-state index is 12.5. The summed E-state index contributed by atoms with van der Waals surface area (Å²) in [4.78, 5) is 11.0. The van der Waals surface area contributed by atoms with Gasteiger partial charge in [-0.1, -0.05) is 24.4 Å². The van der Waals surface area contributed by atoms with Crippen molar-refractivity contribution in [1.82, 2.24) is 4.72 Å². The molecule has 5 nitrogen and oxygen atoms in total. The fourth-order valence-corrected chi connectivity index (χ4v) is 4.83. The largest absolute Gasteiger partial charge is 0.478 e. The fourth-order valence-electron chi connectivity index (χ4n) is 2.52. The number of benzene rings is 1. The summed E-state index contributed by atoms with van der Waals surface area (Å²) in [5.41, 5.74) is -0.725. The van der Waals surface area contributed by atoms with Crippen LogP contribution in [0.15, 0.2) is 21.5 Å². The number of aromatic carboxylic acids is 1. The molecule has 0 unspecified atom stereocenters. The van der Waals surface area contributed by atoms with Crippen molar-refractivity contribution >= 4 is 43.5 Å². The number of carboxylic acid groups (broad SMARTS) is 1. The number of rotatable bonds is 4. The van der Waals surface area contributed by atoms with E-state index in [4.69, 9.17) is 16.7 Å². The Bertz CT molecular complexity index is 684. The Morgan fingerprint density at radius 1 is 1.38 bits per heavy atom. The van der Waals surface area contributed by atoms with Crippen molar-refractivity contribution in [1.29, 1.82) is 0 Å². The van der Waals surface area contributed by atoms with E-state index in [9.17, 15) is 13.2 Å². The number of halogens is 2. The number of hydrogen-bond acceptors (Lipinski definition) is 3. The van der Waals surface area contributed by atoms with Crippen LogP contribution in [0.4, 0.5) is 0 Å². The lowest BCUT2D eigenvalue weighted by Gasteiger charge is -2.25. The molecule has 0 spiro atoms. The molecule has 0 bridgehead atoms. The predicted molar refractivity (Wildman–Crippen MR) is 83.3 cm³/mol. The Hall–Kier alpha value is -0.630. The van der Waals surface area contributed by atoms with E-state index in [-0.39, 0.29) is 20.0 Å². The standard InChI is InChI=1S/C13H15BrClNO4S/c1-13(4-2-3-5-13)16-21(19,20)8-6-9(12(17)18)11(15)10(14)7-8/h6-7,16H,2-5H2,1H3,(H,17,18). The summed E-state index contributed by atoms with van der Waals surface area (Å²) in [5, 5.41) is 9.07. The topological polar surface area (TPSA) is 83.5 Å². The summed E-state index contributed by atoms with van der Waals surface area (Å²) >= 11 is 8.96. The average molecular weight is 397 g/mol. The summed E-state index contributed by atoms with van der Waals surface area (Å²) in [6, 6.07) is 2.39. The monoisotopic (exact) mass is 395 g/mol. The van der Waals surface area contributed by atoms with E-state index in [1.54, 1.807) is 0 Å². The van der Waals surface area contributed by atoms with Crippen LogP contribution in [-0.2, 0) is 10.0 Å². The van der Waals surface area contributed by atoms with E-state index in [2.05, 4.69) is 20.7 Å². The van der Waals surface area contributed by atoms with Gasteiger partial charge in [-0.15, -0.1) is 0 Å². The van der Waals surface area contributed by atoms with Crippen LogP contribution in [-0.4, -0.2) is 25.0 Å². The Morgan fingerprint density at radius 3 is 2.48 bits per heavy atom. The van der Waals surface area contributed by atoms with Crippen molar-refractivity contribution in [2.24, 2.45) is 0 Å². The lowest BCUT2D eigenvalue weighted by molar-refractivity contribution is 0.0696. The molecule has 0 heterocycles.